The van der Waals surface area contributed by atoms with Crippen LogP contribution >= 0.6 is 11.8 Å². The number of rotatable bonds is 2. The number of thioether (sulfide) groups is 1. The molecule has 0 saturated heterocycles. The summed E-state index contributed by atoms with van der Waals surface area (Å²) in [6.07, 6.45) is 0. The lowest BCUT2D eigenvalue weighted by molar-refractivity contribution is 1.07. The van der Waals surface area contributed by atoms with E-state index in [4.69, 9.17) is 4.98 Å². The van der Waals surface area contributed by atoms with Gasteiger partial charge in [0.05, 0.1) is 5.69 Å². The van der Waals surface area contributed by atoms with Gasteiger partial charge in [0.1, 0.15) is 5.82 Å². The van der Waals surface area contributed by atoms with Gasteiger partial charge in [0, 0.05) is 29.7 Å². The lowest BCUT2D eigenvalue weighted by Crippen LogP contribution is -2.03. The van der Waals surface area contributed by atoms with E-state index in [0.29, 0.717) is 0 Å². The molecule has 1 aromatic carbocycles. The largest absolute Gasteiger partial charge is 0.373 e. The number of hydrogen-bond donors (Lipinski definition) is 1. The first-order valence-electron chi connectivity index (χ1n) is 6.01. The van der Waals surface area contributed by atoms with Gasteiger partial charge >= 0.3 is 0 Å². The molecule has 1 aromatic heterocycles. The fraction of sp³-hybridized carbons (Fsp3) is 0.286. The van der Waals surface area contributed by atoms with Crippen molar-refractivity contribution in [2.75, 3.05) is 12.4 Å². The van der Waals surface area contributed by atoms with E-state index in [0.717, 1.165) is 28.7 Å². The summed E-state index contributed by atoms with van der Waals surface area (Å²) in [5, 5.41) is 3.19. The van der Waals surface area contributed by atoms with Gasteiger partial charge in [0.25, 0.3) is 0 Å². The van der Waals surface area contributed by atoms with Gasteiger partial charge in [-0.05, 0) is 12.5 Å². The summed E-state index contributed by atoms with van der Waals surface area (Å²) in [6, 6.07) is 8.26. The SMILES string of the molecule is CNc1nc(-c2ccccc2C)nc2c1CSC2. The Kier molecular flexibility index (Phi) is 2.96. The number of anilines is 1. The monoisotopic (exact) mass is 257 g/mol. The summed E-state index contributed by atoms with van der Waals surface area (Å²) in [6.45, 7) is 2.10. The minimum absolute atomic E-state index is 0.832. The molecule has 0 amide bonds. The molecule has 3 rings (SSSR count). The second-order valence-corrected chi connectivity index (χ2v) is 5.36. The molecule has 1 aliphatic rings. The van der Waals surface area contributed by atoms with E-state index in [1.165, 1.54) is 16.8 Å². The Morgan fingerprint density at radius 2 is 2.00 bits per heavy atom. The third kappa shape index (κ3) is 1.86. The van der Waals surface area contributed by atoms with Crippen LogP contribution in [0.25, 0.3) is 11.4 Å². The van der Waals surface area contributed by atoms with Gasteiger partial charge in [-0.2, -0.15) is 11.8 Å². The normalized spacial score (nSPS) is 13.4. The Bertz CT molecular complexity index is 596. The number of hydrogen-bond acceptors (Lipinski definition) is 4. The van der Waals surface area contributed by atoms with Crippen molar-refractivity contribution in [2.24, 2.45) is 0 Å². The summed E-state index contributed by atoms with van der Waals surface area (Å²) in [5.41, 5.74) is 4.77. The molecule has 0 bridgehead atoms. The average molecular weight is 257 g/mol. The van der Waals surface area contributed by atoms with Gasteiger partial charge in [0.15, 0.2) is 5.82 Å². The molecule has 92 valence electrons. The molecule has 1 aliphatic heterocycles. The summed E-state index contributed by atoms with van der Waals surface area (Å²) in [5.74, 6) is 3.81. The number of aromatic nitrogens is 2. The highest BCUT2D eigenvalue weighted by Crippen LogP contribution is 2.34. The Morgan fingerprint density at radius 3 is 2.78 bits per heavy atom. The zero-order valence-corrected chi connectivity index (χ0v) is 11.3. The molecule has 1 N–H and O–H groups in total. The van der Waals surface area contributed by atoms with Gasteiger partial charge in [-0.1, -0.05) is 24.3 Å². The second kappa shape index (κ2) is 4.61. The van der Waals surface area contributed by atoms with E-state index in [1.807, 2.05) is 30.9 Å². The smallest absolute Gasteiger partial charge is 0.162 e. The lowest BCUT2D eigenvalue weighted by Gasteiger charge is -2.10. The zero-order valence-electron chi connectivity index (χ0n) is 10.5. The second-order valence-electron chi connectivity index (χ2n) is 4.38. The molecule has 18 heavy (non-hydrogen) atoms. The van der Waals surface area contributed by atoms with Crippen LogP contribution in [0.15, 0.2) is 24.3 Å². The minimum atomic E-state index is 0.832. The van der Waals surface area contributed by atoms with E-state index >= 15 is 0 Å². The van der Waals surface area contributed by atoms with Gasteiger partial charge in [0.2, 0.25) is 0 Å². The van der Waals surface area contributed by atoms with Crippen molar-refractivity contribution in [1.82, 2.24) is 9.97 Å². The van der Waals surface area contributed by atoms with Crippen LogP contribution in [0.3, 0.4) is 0 Å². The van der Waals surface area contributed by atoms with E-state index in [1.54, 1.807) is 0 Å². The minimum Gasteiger partial charge on any atom is -0.373 e. The first-order chi connectivity index (χ1) is 8.79. The van der Waals surface area contributed by atoms with Crippen molar-refractivity contribution >= 4 is 17.6 Å². The van der Waals surface area contributed by atoms with E-state index in [-0.39, 0.29) is 0 Å². The number of nitrogens with zero attached hydrogens (tertiary/aromatic N) is 2. The Labute approximate surface area is 111 Å². The summed E-state index contributed by atoms with van der Waals surface area (Å²) < 4.78 is 0. The molecule has 0 unspecified atom stereocenters. The van der Waals surface area contributed by atoms with Gasteiger partial charge in [-0.25, -0.2) is 9.97 Å². The summed E-state index contributed by atoms with van der Waals surface area (Å²) >= 11 is 1.90. The molecule has 0 spiro atoms. The Hall–Kier alpha value is -1.55. The first-order valence-corrected chi connectivity index (χ1v) is 7.16. The third-order valence-electron chi connectivity index (χ3n) is 3.20. The number of benzene rings is 1. The van der Waals surface area contributed by atoms with Gasteiger partial charge in [-0.15, -0.1) is 0 Å². The summed E-state index contributed by atoms with van der Waals surface area (Å²) in [7, 11) is 1.92. The highest BCUT2D eigenvalue weighted by Gasteiger charge is 2.19. The van der Waals surface area contributed by atoms with Crippen molar-refractivity contribution in [3.05, 3.63) is 41.1 Å². The molecule has 2 aromatic rings. The van der Waals surface area contributed by atoms with Crippen molar-refractivity contribution < 1.29 is 0 Å². The molecule has 0 fully saturated rings. The highest BCUT2D eigenvalue weighted by molar-refractivity contribution is 7.98. The fourth-order valence-electron chi connectivity index (χ4n) is 2.20. The Morgan fingerprint density at radius 1 is 1.17 bits per heavy atom. The van der Waals surface area contributed by atoms with Crippen LogP contribution in [-0.2, 0) is 11.5 Å². The quantitative estimate of drug-likeness (QED) is 0.896. The molecular formula is C14H15N3S. The van der Waals surface area contributed by atoms with Crippen molar-refractivity contribution in [2.45, 2.75) is 18.4 Å². The third-order valence-corrected chi connectivity index (χ3v) is 4.17. The fourth-order valence-corrected chi connectivity index (χ4v) is 3.24. The molecule has 0 atom stereocenters. The van der Waals surface area contributed by atoms with Crippen LogP contribution in [0.5, 0.6) is 0 Å². The van der Waals surface area contributed by atoms with Gasteiger partial charge in [-0.3, -0.25) is 0 Å². The van der Waals surface area contributed by atoms with Crippen LogP contribution < -0.4 is 5.32 Å². The molecule has 3 nitrogen and oxygen atoms in total. The number of fused-ring (bicyclic) bond motifs is 1. The highest BCUT2D eigenvalue weighted by atomic mass is 32.2. The van der Waals surface area contributed by atoms with E-state index in [2.05, 4.69) is 29.4 Å². The van der Waals surface area contributed by atoms with Crippen molar-refractivity contribution in [3.63, 3.8) is 0 Å². The topological polar surface area (TPSA) is 37.8 Å². The number of nitrogens with one attached hydrogen (secondary N) is 1. The maximum atomic E-state index is 4.72. The molecule has 0 aliphatic carbocycles. The van der Waals surface area contributed by atoms with Crippen LogP contribution in [0.2, 0.25) is 0 Å². The summed E-state index contributed by atoms with van der Waals surface area (Å²) in [4.78, 5) is 9.38. The van der Waals surface area contributed by atoms with Crippen LogP contribution in [-0.4, -0.2) is 17.0 Å². The van der Waals surface area contributed by atoms with Crippen molar-refractivity contribution in [1.29, 1.82) is 0 Å². The van der Waals surface area contributed by atoms with Crippen LogP contribution in [0, 0.1) is 6.92 Å². The van der Waals surface area contributed by atoms with E-state index in [9.17, 15) is 0 Å². The standard InChI is InChI=1S/C14H15N3S/c1-9-5-3-4-6-10(9)14-16-12-8-18-7-11(12)13(15-2)17-14/h3-6H,7-8H2,1-2H3,(H,15,16,17). The molecular weight excluding hydrogens is 242 g/mol. The van der Waals surface area contributed by atoms with Crippen LogP contribution in [0.1, 0.15) is 16.8 Å². The average Bonchev–Trinajstić information content (AvgIpc) is 2.86. The van der Waals surface area contributed by atoms with Crippen LogP contribution in [0.4, 0.5) is 5.82 Å². The number of aryl methyl sites for hydroxylation is 1. The Balaban J connectivity index is 2.17. The van der Waals surface area contributed by atoms with Crippen molar-refractivity contribution in [3.8, 4) is 11.4 Å². The molecule has 2 heterocycles. The predicted octanol–water partition coefficient (Wildman–Crippen LogP) is 3.24. The molecule has 4 heteroatoms. The molecule has 0 radical (unpaired) electrons. The maximum absolute atomic E-state index is 4.72. The van der Waals surface area contributed by atoms with Gasteiger partial charge < -0.3 is 5.32 Å². The zero-order chi connectivity index (χ0) is 12.5. The first kappa shape index (κ1) is 11.5. The van der Waals surface area contributed by atoms with E-state index < -0.39 is 0 Å². The maximum Gasteiger partial charge on any atom is 0.162 e. The molecule has 0 saturated carbocycles. The predicted molar refractivity (Wildman–Crippen MR) is 76.8 cm³/mol. The lowest BCUT2D eigenvalue weighted by atomic mass is 10.1.